The summed E-state index contributed by atoms with van der Waals surface area (Å²) in [6.45, 7) is 0. The minimum Gasteiger partial charge on any atom is -0.508 e. The van der Waals surface area contributed by atoms with Crippen LogP contribution >= 0.6 is 11.3 Å². The molecule has 0 atom stereocenters. The number of nitrogen functional groups attached to an aromatic ring is 1. The molecule has 0 aliphatic carbocycles. The van der Waals surface area contributed by atoms with E-state index in [1.165, 1.54) is 11.3 Å². The summed E-state index contributed by atoms with van der Waals surface area (Å²) in [5.41, 5.74) is 15.3. The fourth-order valence-corrected chi connectivity index (χ4v) is 3.93. The average Bonchev–Trinajstić information content (AvgIpc) is 2.99. The second-order valence-electron chi connectivity index (χ2n) is 5.86. The molecule has 0 fully saturated rings. The molecule has 0 aliphatic heterocycles. The molecule has 2 aromatic carbocycles. The number of benzene rings is 2. The van der Waals surface area contributed by atoms with E-state index in [4.69, 9.17) is 11.5 Å². The lowest BCUT2D eigenvalue weighted by atomic mass is 9.99. The normalized spacial score (nSPS) is 10.9. The van der Waals surface area contributed by atoms with Gasteiger partial charge in [-0.05, 0) is 29.3 Å². The quantitative estimate of drug-likeness (QED) is 0.513. The first-order chi connectivity index (χ1) is 12.5. The highest BCUT2D eigenvalue weighted by molar-refractivity contribution is 7.21. The number of nitrogens with two attached hydrogens (primary N) is 2. The van der Waals surface area contributed by atoms with Gasteiger partial charge in [-0.1, -0.05) is 42.5 Å². The molecule has 0 spiro atoms. The molecule has 1 amide bonds. The molecule has 0 radical (unpaired) electrons. The van der Waals surface area contributed by atoms with Gasteiger partial charge in [0.15, 0.2) is 0 Å². The van der Waals surface area contributed by atoms with Gasteiger partial charge < -0.3 is 16.6 Å². The van der Waals surface area contributed by atoms with Crippen LogP contribution in [0.5, 0.6) is 5.75 Å². The molecule has 5 nitrogen and oxygen atoms in total. The lowest BCUT2D eigenvalue weighted by molar-refractivity contribution is 0.100. The number of rotatable bonds is 3. The number of amides is 1. The first-order valence-corrected chi connectivity index (χ1v) is 8.74. The number of fused-ring (bicyclic) bond motifs is 1. The van der Waals surface area contributed by atoms with Gasteiger partial charge in [-0.15, -0.1) is 11.3 Å². The molecule has 4 rings (SSSR count). The molecular weight excluding hydrogens is 346 g/mol. The molecule has 5 N–H and O–H groups in total. The molecule has 2 heterocycles. The first-order valence-electron chi connectivity index (χ1n) is 7.92. The van der Waals surface area contributed by atoms with Crippen LogP contribution in [0, 0.1) is 0 Å². The van der Waals surface area contributed by atoms with Crippen molar-refractivity contribution in [3.05, 3.63) is 65.5 Å². The molecule has 2 aromatic heterocycles. The standard InChI is InChI=1S/C20H15N3O2S/c21-17-16-14(11-5-2-1-3-6-11)10-15(12-7-4-8-13(24)9-12)23-20(16)26-18(17)19(22)25/h1-10,24H,21H2,(H2,22,25). The van der Waals surface area contributed by atoms with Gasteiger partial charge in [0.2, 0.25) is 0 Å². The molecule has 0 saturated heterocycles. The van der Waals surface area contributed by atoms with Crippen molar-refractivity contribution < 1.29 is 9.90 Å². The van der Waals surface area contributed by atoms with Crippen molar-refractivity contribution in [1.82, 2.24) is 4.98 Å². The lowest BCUT2D eigenvalue weighted by Gasteiger charge is -2.09. The molecule has 0 aliphatic rings. The minimum atomic E-state index is -0.566. The number of thiophene rings is 1. The van der Waals surface area contributed by atoms with Crippen LogP contribution in [0.3, 0.4) is 0 Å². The molecule has 0 bridgehead atoms. The highest BCUT2D eigenvalue weighted by atomic mass is 32.1. The van der Waals surface area contributed by atoms with E-state index >= 15 is 0 Å². The van der Waals surface area contributed by atoms with E-state index in [1.807, 2.05) is 42.5 Å². The Morgan fingerprint density at radius 1 is 1.00 bits per heavy atom. The van der Waals surface area contributed by atoms with Crippen molar-refractivity contribution in [2.45, 2.75) is 0 Å². The molecular formula is C20H15N3O2S. The number of aromatic hydroxyl groups is 1. The fraction of sp³-hybridized carbons (Fsp3) is 0. The summed E-state index contributed by atoms with van der Waals surface area (Å²) < 4.78 is 0. The summed E-state index contributed by atoms with van der Waals surface area (Å²) in [5.74, 6) is -0.405. The first kappa shape index (κ1) is 16.1. The molecule has 4 aromatic rings. The fourth-order valence-electron chi connectivity index (χ4n) is 2.96. The van der Waals surface area contributed by atoms with Crippen LogP contribution in [0.1, 0.15) is 9.67 Å². The highest BCUT2D eigenvalue weighted by Crippen LogP contribution is 2.41. The summed E-state index contributed by atoms with van der Waals surface area (Å²) in [4.78, 5) is 17.3. The number of phenols is 1. The maximum atomic E-state index is 11.7. The average molecular weight is 361 g/mol. The third-order valence-electron chi connectivity index (χ3n) is 4.15. The molecule has 26 heavy (non-hydrogen) atoms. The summed E-state index contributed by atoms with van der Waals surface area (Å²) in [6.07, 6.45) is 0. The number of aromatic nitrogens is 1. The Morgan fingerprint density at radius 3 is 2.42 bits per heavy atom. The van der Waals surface area contributed by atoms with E-state index in [0.29, 0.717) is 21.1 Å². The maximum absolute atomic E-state index is 11.7. The number of nitrogens with zero attached hydrogens (tertiary/aromatic N) is 1. The maximum Gasteiger partial charge on any atom is 0.260 e. The van der Waals surface area contributed by atoms with E-state index in [0.717, 1.165) is 22.1 Å². The zero-order chi connectivity index (χ0) is 18.3. The highest BCUT2D eigenvalue weighted by Gasteiger charge is 2.20. The molecule has 128 valence electrons. The van der Waals surface area contributed by atoms with Crippen LogP contribution in [-0.4, -0.2) is 16.0 Å². The Kier molecular flexibility index (Phi) is 3.82. The van der Waals surface area contributed by atoms with Crippen LogP contribution in [-0.2, 0) is 0 Å². The number of anilines is 1. The Labute approximate surface area is 153 Å². The summed E-state index contributed by atoms with van der Waals surface area (Å²) in [6, 6.07) is 18.6. The third kappa shape index (κ3) is 2.66. The number of phenolic OH excluding ortho intramolecular Hbond substituents is 1. The predicted octanol–water partition coefficient (Wildman–Crippen LogP) is 4.02. The molecule has 0 saturated carbocycles. The Hall–Kier alpha value is -3.38. The van der Waals surface area contributed by atoms with E-state index in [2.05, 4.69) is 4.98 Å². The van der Waals surface area contributed by atoms with Gasteiger partial charge in [0.1, 0.15) is 15.5 Å². The van der Waals surface area contributed by atoms with Crippen LogP contribution in [0.2, 0.25) is 0 Å². The van der Waals surface area contributed by atoms with Gasteiger partial charge in [-0.3, -0.25) is 4.79 Å². The Bertz CT molecular complexity index is 1140. The number of carbonyl (C=O) groups is 1. The number of hydrogen-bond donors (Lipinski definition) is 3. The predicted molar refractivity (Wildman–Crippen MR) is 105 cm³/mol. The second-order valence-corrected chi connectivity index (χ2v) is 6.86. The number of carbonyl (C=O) groups excluding carboxylic acids is 1. The SMILES string of the molecule is NC(=O)c1sc2nc(-c3cccc(O)c3)cc(-c3ccccc3)c2c1N. The van der Waals surface area contributed by atoms with Crippen LogP contribution in [0.25, 0.3) is 32.6 Å². The monoisotopic (exact) mass is 361 g/mol. The van der Waals surface area contributed by atoms with Gasteiger partial charge in [0.25, 0.3) is 5.91 Å². The van der Waals surface area contributed by atoms with Crippen molar-refractivity contribution in [1.29, 1.82) is 0 Å². The van der Waals surface area contributed by atoms with E-state index in [-0.39, 0.29) is 5.75 Å². The van der Waals surface area contributed by atoms with Gasteiger partial charge >= 0.3 is 0 Å². The zero-order valence-electron chi connectivity index (χ0n) is 13.6. The van der Waals surface area contributed by atoms with Gasteiger partial charge in [0, 0.05) is 10.9 Å². The topological polar surface area (TPSA) is 102 Å². The number of primary amides is 1. The van der Waals surface area contributed by atoms with Crippen molar-refractivity contribution in [2.24, 2.45) is 5.73 Å². The minimum absolute atomic E-state index is 0.161. The number of pyridine rings is 1. The van der Waals surface area contributed by atoms with E-state index in [9.17, 15) is 9.90 Å². The molecule has 0 unspecified atom stereocenters. The van der Waals surface area contributed by atoms with Crippen LogP contribution in [0.15, 0.2) is 60.7 Å². The summed E-state index contributed by atoms with van der Waals surface area (Å²) in [5, 5.41) is 10.5. The Morgan fingerprint density at radius 2 is 1.73 bits per heavy atom. The van der Waals surface area contributed by atoms with Crippen molar-refractivity contribution >= 4 is 33.1 Å². The lowest BCUT2D eigenvalue weighted by Crippen LogP contribution is -2.10. The van der Waals surface area contributed by atoms with Gasteiger partial charge in [-0.25, -0.2) is 4.98 Å². The molecule has 6 heteroatoms. The third-order valence-corrected chi connectivity index (χ3v) is 5.26. The zero-order valence-corrected chi connectivity index (χ0v) is 14.5. The van der Waals surface area contributed by atoms with Gasteiger partial charge in [0.05, 0.1) is 11.4 Å². The second kappa shape index (κ2) is 6.16. The van der Waals surface area contributed by atoms with Crippen molar-refractivity contribution in [2.75, 3.05) is 5.73 Å². The van der Waals surface area contributed by atoms with E-state index < -0.39 is 5.91 Å². The summed E-state index contributed by atoms with van der Waals surface area (Å²) >= 11 is 1.18. The van der Waals surface area contributed by atoms with Crippen LogP contribution in [0.4, 0.5) is 5.69 Å². The summed E-state index contributed by atoms with van der Waals surface area (Å²) in [7, 11) is 0. The Balaban J connectivity index is 2.07. The van der Waals surface area contributed by atoms with E-state index in [1.54, 1.807) is 18.2 Å². The largest absolute Gasteiger partial charge is 0.508 e. The smallest absolute Gasteiger partial charge is 0.260 e. The van der Waals surface area contributed by atoms with Crippen LogP contribution < -0.4 is 11.5 Å². The van der Waals surface area contributed by atoms with Gasteiger partial charge in [-0.2, -0.15) is 0 Å². The van der Waals surface area contributed by atoms with Crippen molar-refractivity contribution in [3.8, 4) is 28.1 Å². The van der Waals surface area contributed by atoms with Crippen molar-refractivity contribution in [3.63, 3.8) is 0 Å². The number of hydrogen-bond acceptors (Lipinski definition) is 5.